The monoisotopic (exact) mass is 267 g/mol. The van der Waals surface area contributed by atoms with Crippen LogP contribution in [-0.4, -0.2) is 24.8 Å². The van der Waals surface area contributed by atoms with E-state index in [0.29, 0.717) is 11.7 Å². The Morgan fingerprint density at radius 3 is 2.47 bits per heavy atom. The van der Waals surface area contributed by atoms with Gasteiger partial charge in [-0.2, -0.15) is 13.2 Å². The van der Waals surface area contributed by atoms with Crippen molar-refractivity contribution in [2.45, 2.75) is 32.5 Å². The fraction of sp³-hybridized carbons (Fsp3) is 0.700. The highest BCUT2D eigenvalue weighted by molar-refractivity contribution is 7.15. The molecule has 1 aromatic heterocycles. The second-order valence-electron chi connectivity index (χ2n) is 3.71. The van der Waals surface area contributed by atoms with Crippen molar-refractivity contribution in [2.75, 3.05) is 18.5 Å². The summed E-state index contributed by atoms with van der Waals surface area (Å²) in [7, 11) is 1.62. The number of rotatable bonds is 5. The zero-order valence-electron chi connectivity index (χ0n) is 9.84. The highest BCUT2D eigenvalue weighted by Gasteiger charge is 2.27. The van der Waals surface area contributed by atoms with Crippen molar-refractivity contribution in [3.05, 3.63) is 10.6 Å². The topological polar surface area (TPSA) is 42.2 Å². The minimum absolute atomic E-state index is 0.0792. The van der Waals surface area contributed by atoms with Crippen LogP contribution in [-0.2, 0) is 13.0 Å². The van der Waals surface area contributed by atoms with Gasteiger partial charge in [-0.25, -0.2) is 4.98 Å². The maximum Gasteiger partial charge on any atom is 0.390 e. The Morgan fingerprint density at radius 1 is 1.41 bits per heavy atom. The van der Waals surface area contributed by atoms with Gasteiger partial charge in [-0.1, -0.05) is 6.92 Å². The second-order valence-corrected chi connectivity index (χ2v) is 4.77. The van der Waals surface area contributed by atoms with E-state index in [9.17, 15) is 13.2 Å². The molecular formula is C10H16F3N3S. The maximum atomic E-state index is 12.1. The van der Waals surface area contributed by atoms with Gasteiger partial charge < -0.3 is 10.6 Å². The molecule has 0 saturated heterocycles. The molecule has 0 aliphatic heterocycles. The predicted octanol–water partition coefficient (Wildman–Crippen LogP) is 2.55. The fourth-order valence-electron chi connectivity index (χ4n) is 1.36. The lowest BCUT2D eigenvalue weighted by atomic mass is 10.3. The molecule has 7 heteroatoms. The Balaban J connectivity index is 2.69. The third kappa shape index (κ3) is 4.16. The van der Waals surface area contributed by atoms with Crippen molar-refractivity contribution in [2.24, 2.45) is 5.73 Å². The molecule has 2 N–H and O–H groups in total. The van der Waals surface area contributed by atoms with E-state index < -0.39 is 12.6 Å². The first-order valence-corrected chi connectivity index (χ1v) is 6.15. The summed E-state index contributed by atoms with van der Waals surface area (Å²) in [6.45, 7) is 2.26. The zero-order valence-corrected chi connectivity index (χ0v) is 10.7. The second kappa shape index (κ2) is 5.68. The van der Waals surface area contributed by atoms with Crippen LogP contribution < -0.4 is 10.6 Å². The third-order valence-corrected chi connectivity index (χ3v) is 3.58. The number of nitrogens with zero attached hydrogens (tertiary/aromatic N) is 2. The molecule has 0 saturated carbocycles. The summed E-state index contributed by atoms with van der Waals surface area (Å²) in [6, 6.07) is 0. The first-order valence-electron chi connectivity index (χ1n) is 5.34. The largest absolute Gasteiger partial charge is 0.390 e. The van der Waals surface area contributed by atoms with E-state index in [4.69, 9.17) is 5.73 Å². The van der Waals surface area contributed by atoms with Crippen LogP contribution in [0.2, 0.25) is 0 Å². The molecule has 0 aromatic carbocycles. The van der Waals surface area contributed by atoms with Gasteiger partial charge in [-0.15, -0.1) is 11.3 Å². The Hall–Kier alpha value is -0.820. The molecule has 1 aromatic rings. The van der Waals surface area contributed by atoms with Crippen molar-refractivity contribution < 1.29 is 13.2 Å². The molecule has 0 unspecified atom stereocenters. The molecule has 1 rings (SSSR count). The van der Waals surface area contributed by atoms with Gasteiger partial charge in [-0.05, 0) is 6.42 Å². The molecule has 98 valence electrons. The van der Waals surface area contributed by atoms with Crippen LogP contribution in [0, 0.1) is 0 Å². The quantitative estimate of drug-likeness (QED) is 0.891. The van der Waals surface area contributed by atoms with Crippen LogP contribution in [0.15, 0.2) is 0 Å². The van der Waals surface area contributed by atoms with Crippen LogP contribution in [0.4, 0.5) is 18.3 Å². The Kier molecular flexibility index (Phi) is 4.76. The van der Waals surface area contributed by atoms with E-state index in [2.05, 4.69) is 4.98 Å². The molecule has 3 nitrogen and oxygen atoms in total. The molecule has 0 spiro atoms. The van der Waals surface area contributed by atoms with Crippen LogP contribution in [0.25, 0.3) is 0 Å². The minimum atomic E-state index is -4.13. The summed E-state index contributed by atoms with van der Waals surface area (Å²) < 4.78 is 36.3. The smallest absolute Gasteiger partial charge is 0.351 e. The summed E-state index contributed by atoms with van der Waals surface area (Å²) in [5.41, 5.74) is 6.44. The van der Waals surface area contributed by atoms with Crippen LogP contribution in [0.5, 0.6) is 0 Å². The average Bonchev–Trinajstić information content (AvgIpc) is 2.67. The van der Waals surface area contributed by atoms with Gasteiger partial charge in [-0.3, -0.25) is 0 Å². The predicted molar refractivity (Wildman–Crippen MR) is 63.3 cm³/mol. The molecule has 17 heavy (non-hydrogen) atoms. The van der Waals surface area contributed by atoms with Gasteiger partial charge in [0.1, 0.15) is 0 Å². The molecule has 0 bridgehead atoms. The van der Waals surface area contributed by atoms with Crippen LogP contribution >= 0.6 is 11.3 Å². The molecule has 0 atom stereocenters. The van der Waals surface area contributed by atoms with Gasteiger partial charge >= 0.3 is 6.18 Å². The molecule has 0 aliphatic carbocycles. The van der Waals surface area contributed by atoms with E-state index >= 15 is 0 Å². The third-order valence-electron chi connectivity index (χ3n) is 2.34. The molecule has 1 heterocycles. The van der Waals surface area contributed by atoms with E-state index in [1.54, 1.807) is 7.05 Å². The van der Waals surface area contributed by atoms with Crippen molar-refractivity contribution in [1.82, 2.24) is 4.98 Å². The lowest BCUT2D eigenvalue weighted by Gasteiger charge is -2.16. The number of anilines is 1. The van der Waals surface area contributed by atoms with E-state index in [0.717, 1.165) is 17.0 Å². The van der Waals surface area contributed by atoms with E-state index in [1.807, 2.05) is 6.92 Å². The van der Waals surface area contributed by atoms with Gasteiger partial charge in [0.15, 0.2) is 5.13 Å². The highest BCUT2D eigenvalue weighted by atomic mass is 32.1. The van der Waals surface area contributed by atoms with Crippen molar-refractivity contribution >= 4 is 16.5 Å². The molecular weight excluding hydrogens is 251 g/mol. The lowest BCUT2D eigenvalue weighted by Crippen LogP contribution is -2.23. The van der Waals surface area contributed by atoms with E-state index in [-0.39, 0.29) is 6.54 Å². The first-order chi connectivity index (χ1) is 7.87. The summed E-state index contributed by atoms with van der Waals surface area (Å²) in [6.07, 6.45) is -4.21. The molecule has 0 amide bonds. The number of hydrogen-bond donors (Lipinski definition) is 1. The summed E-state index contributed by atoms with van der Waals surface area (Å²) >= 11 is 1.37. The number of halogens is 3. The number of thiazole rings is 1. The van der Waals surface area contributed by atoms with Gasteiger partial charge in [0.2, 0.25) is 0 Å². The average molecular weight is 267 g/mol. The Morgan fingerprint density at radius 2 is 2.06 bits per heavy atom. The molecule has 0 aliphatic rings. The Labute approximate surface area is 102 Å². The van der Waals surface area contributed by atoms with Crippen molar-refractivity contribution in [3.8, 4) is 0 Å². The fourth-order valence-corrected chi connectivity index (χ4v) is 2.37. The number of nitrogens with two attached hydrogens (primary N) is 1. The number of alkyl halides is 3. The SMILES string of the molecule is CCc1nc(N(C)CCC(F)(F)F)sc1CN. The van der Waals surface area contributed by atoms with E-state index in [1.165, 1.54) is 16.2 Å². The first kappa shape index (κ1) is 14.2. The normalized spacial score (nSPS) is 11.9. The van der Waals surface area contributed by atoms with Crippen LogP contribution in [0.1, 0.15) is 23.9 Å². The van der Waals surface area contributed by atoms with Crippen LogP contribution in [0.3, 0.4) is 0 Å². The number of aromatic nitrogens is 1. The van der Waals surface area contributed by atoms with Gasteiger partial charge in [0, 0.05) is 25.0 Å². The highest BCUT2D eigenvalue weighted by Crippen LogP contribution is 2.27. The zero-order chi connectivity index (χ0) is 13.1. The van der Waals surface area contributed by atoms with Gasteiger partial charge in [0.25, 0.3) is 0 Å². The molecule has 0 radical (unpaired) electrons. The number of aryl methyl sites for hydroxylation is 1. The van der Waals surface area contributed by atoms with Crippen molar-refractivity contribution in [3.63, 3.8) is 0 Å². The standard InChI is InChI=1S/C10H16F3N3S/c1-3-7-8(6-14)17-9(15-7)16(2)5-4-10(11,12)13/h3-6,14H2,1-2H3. The minimum Gasteiger partial charge on any atom is -0.351 e. The number of hydrogen-bond acceptors (Lipinski definition) is 4. The molecule has 0 fully saturated rings. The maximum absolute atomic E-state index is 12.1. The summed E-state index contributed by atoms with van der Waals surface area (Å²) in [4.78, 5) is 6.77. The lowest BCUT2D eigenvalue weighted by molar-refractivity contribution is -0.132. The van der Waals surface area contributed by atoms with Crippen molar-refractivity contribution in [1.29, 1.82) is 0 Å². The van der Waals surface area contributed by atoms with Gasteiger partial charge in [0.05, 0.1) is 12.1 Å². The Bertz CT molecular complexity index is 341. The summed E-state index contributed by atoms with van der Waals surface area (Å²) in [5, 5.41) is 0.603. The summed E-state index contributed by atoms with van der Waals surface area (Å²) in [5.74, 6) is 0.